The molecule has 0 saturated heterocycles. The van der Waals surface area contributed by atoms with Gasteiger partial charge in [0.25, 0.3) is 0 Å². The van der Waals surface area contributed by atoms with Crippen molar-refractivity contribution in [2.75, 3.05) is 5.75 Å². The van der Waals surface area contributed by atoms with Crippen LogP contribution in [0, 0.1) is 5.82 Å². The molecule has 0 aliphatic heterocycles. The van der Waals surface area contributed by atoms with Gasteiger partial charge in [0.05, 0.1) is 5.75 Å². The van der Waals surface area contributed by atoms with Gasteiger partial charge in [0.1, 0.15) is 5.82 Å². The zero-order valence-corrected chi connectivity index (χ0v) is 10.8. The highest BCUT2D eigenvalue weighted by Crippen LogP contribution is 2.10. The van der Waals surface area contributed by atoms with Gasteiger partial charge in [-0.15, -0.1) is 0 Å². The fourth-order valence-electron chi connectivity index (χ4n) is 1.74. The minimum Gasteiger partial charge on any atom is -0.259 e. The van der Waals surface area contributed by atoms with Crippen molar-refractivity contribution < 1.29 is 8.60 Å². The summed E-state index contributed by atoms with van der Waals surface area (Å²) in [6.45, 7) is 0. The monoisotopic (exact) mass is 262 g/mol. The van der Waals surface area contributed by atoms with Crippen LogP contribution in [-0.4, -0.2) is 9.96 Å². The minimum absolute atomic E-state index is 0.273. The highest BCUT2D eigenvalue weighted by molar-refractivity contribution is 7.84. The van der Waals surface area contributed by atoms with E-state index in [1.165, 1.54) is 11.6 Å². The Hall–Kier alpha value is -1.48. The predicted molar refractivity (Wildman–Crippen MR) is 73.3 cm³/mol. The van der Waals surface area contributed by atoms with E-state index >= 15 is 0 Å². The second kappa shape index (κ2) is 6.45. The molecule has 0 amide bonds. The van der Waals surface area contributed by atoms with Crippen LogP contribution in [0.1, 0.15) is 11.1 Å². The molecular weight excluding hydrogens is 247 g/mol. The molecule has 0 aliphatic rings. The van der Waals surface area contributed by atoms with Crippen molar-refractivity contribution in [2.45, 2.75) is 12.2 Å². The molecule has 2 rings (SSSR count). The molecule has 1 atom stereocenters. The Morgan fingerprint density at radius 3 is 2.33 bits per heavy atom. The third-order valence-electron chi connectivity index (χ3n) is 2.74. The van der Waals surface area contributed by atoms with Crippen molar-refractivity contribution in [1.29, 1.82) is 0 Å². The van der Waals surface area contributed by atoms with Crippen molar-refractivity contribution in [3.63, 3.8) is 0 Å². The third-order valence-corrected chi connectivity index (χ3v) is 4.03. The maximum atomic E-state index is 13.4. The van der Waals surface area contributed by atoms with E-state index in [9.17, 15) is 8.60 Å². The van der Waals surface area contributed by atoms with Crippen LogP contribution in [0.15, 0.2) is 54.6 Å². The molecular formula is C15H15FOS. The lowest BCUT2D eigenvalue weighted by Gasteiger charge is -2.04. The summed E-state index contributed by atoms with van der Waals surface area (Å²) in [5, 5.41) is 0. The molecule has 2 aromatic carbocycles. The van der Waals surface area contributed by atoms with Crippen molar-refractivity contribution >= 4 is 10.8 Å². The highest BCUT2D eigenvalue weighted by Gasteiger charge is 2.06. The van der Waals surface area contributed by atoms with Gasteiger partial charge < -0.3 is 0 Å². The molecule has 0 radical (unpaired) electrons. The number of rotatable bonds is 5. The van der Waals surface area contributed by atoms with Crippen molar-refractivity contribution in [1.82, 2.24) is 0 Å². The molecule has 18 heavy (non-hydrogen) atoms. The van der Waals surface area contributed by atoms with Gasteiger partial charge in [-0.25, -0.2) is 4.39 Å². The molecule has 0 spiro atoms. The summed E-state index contributed by atoms with van der Waals surface area (Å²) in [5.74, 6) is 0.586. The van der Waals surface area contributed by atoms with E-state index in [2.05, 4.69) is 0 Å². The Bertz CT molecular complexity index is 525. The van der Waals surface area contributed by atoms with E-state index in [1.807, 2.05) is 30.3 Å². The van der Waals surface area contributed by atoms with E-state index in [0.717, 1.165) is 6.42 Å². The first kappa shape index (κ1) is 13.0. The molecule has 1 nitrogen and oxygen atoms in total. The van der Waals surface area contributed by atoms with E-state index in [1.54, 1.807) is 18.2 Å². The van der Waals surface area contributed by atoms with Gasteiger partial charge in [-0.2, -0.15) is 0 Å². The zero-order valence-electron chi connectivity index (χ0n) is 10.0. The van der Waals surface area contributed by atoms with Crippen LogP contribution in [-0.2, 0) is 23.0 Å². The molecule has 2 aromatic rings. The molecule has 0 unspecified atom stereocenters. The van der Waals surface area contributed by atoms with Crippen LogP contribution < -0.4 is 0 Å². The van der Waals surface area contributed by atoms with Gasteiger partial charge in [0.15, 0.2) is 0 Å². The minimum atomic E-state index is -1.02. The quantitative estimate of drug-likeness (QED) is 0.808. The lowest BCUT2D eigenvalue weighted by Crippen LogP contribution is -2.05. The van der Waals surface area contributed by atoms with Crippen molar-refractivity contribution in [2.24, 2.45) is 0 Å². The van der Waals surface area contributed by atoms with Crippen molar-refractivity contribution in [3.8, 4) is 0 Å². The van der Waals surface area contributed by atoms with E-state index in [4.69, 9.17) is 0 Å². The molecule has 0 aliphatic carbocycles. The smallest absolute Gasteiger partial charge is 0.127 e. The molecule has 0 N–H and O–H groups in total. The largest absolute Gasteiger partial charge is 0.259 e. The molecule has 0 bridgehead atoms. The second-order valence-corrected chi connectivity index (χ2v) is 5.69. The molecule has 3 heteroatoms. The lowest BCUT2D eigenvalue weighted by molar-refractivity contribution is 0.615. The maximum absolute atomic E-state index is 13.4. The fraction of sp³-hybridized carbons (Fsp3) is 0.200. The summed E-state index contributed by atoms with van der Waals surface area (Å²) >= 11 is 0. The van der Waals surface area contributed by atoms with Gasteiger partial charge in [0, 0.05) is 22.1 Å². The predicted octanol–water partition coefficient (Wildman–Crippen LogP) is 3.32. The van der Waals surface area contributed by atoms with Gasteiger partial charge in [0.2, 0.25) is 0 Å². The fourth-order valence-corrected chi connectivity index (χ4v) is 2.93. The Kier molecular flexibility index (Phi) is 4.65. The number of benzene rings is 2. The SMILES string of the molecule is O=[S@@](CCc1ccccc1)Cc1ccccc1F. The molecule has 94 valence electrons. The van der Waals surface area contributed by atoms with Gasteiger partial charge in [-0.1, -0.05) is 48.5 Å². The summed E-state index contributed by atoms with van der Waals surface area (Å²) in [7, 11) is -1.02. The zero-order chi connectivity index (χ0) is 12.8. The average molecular weight is 262 g/mol. The molecule has 0 aromatic heterocycles. The van der Waals surface area contributed by atoms with E-state index in [0.29, 0.717) is 17.1 Å². The number of halogens is 1. The van der Waals surface area contributed by atoms with Crippen LogP contribution in [0.2, 0.25) is 0 Å². The average Bonchev–Trinajstić information content (AvgIpc) is 2.40. The van der Waals surface area contributed by atoms with Crippen LogP contribution in [0.4, 0.5) is 4.39 Å². The number of aryl methyl sites for hydroxylation is 1. The first-order chi connectivity index (χ1) is 8.75. The first-order valence-electron chi connectivity index (χ1n) is 5.88. The van der Waals surface area contributed by atoms with Gasteiger partial charge in [-0.3, -0.25) is 4.21 Å². The second-order valence-electron chi connectivity index (χ2n) is 4.12. The summed E-state index contributed by atoms with van der Waals surface area (Å²) in [6, 6.07) is 16.4. The van der Waals surface area contributed by atoms with E-state index < -0.39 is 10.8 Å². The highest BCUT2D eigenvalue weighted by atomic mass is 32.2. The van der Waals surface area contributed by atoms with Crippen molar-refractivity contribution in [3.05, 3.63) is 71.5 Å². The standard InChI is InChI=1S/C15H15FOS/c16-15-9-5-4-8-14(15)12-18(17)11-10-13-6-2-1-3-7-13/h1-9H,10-12H2/t18-/m0/s1. The van der Waals surface area contributed by atoms with Crippen LogP contribution in [0.25, 0.3) is 0 Å². The third kappa shape index (κ3) is 3.77. The van der Waals surface area contributed by atoms with Gasteiger partial charge >= 0.3 is 0 Å². The van der Waals surface area contributed by atoms with E-state index in [-0.39, 0.29) is 5.82 Å². The Morgan fingerprint density at radius 1 is 0.944 bits per heavy atom. The summed E-state index contributed by atoms with van der Waals surface area (Å²) < 4.78 is 25.3. The summed E-state index contributed by atoms with van der Waals surface area (Å²) in [5.41, 5.74) is 1.70. The maximum Gasteiger partial charge on any atom is 0.127 e. The van der Waals surface area contributed by atoms with Crippen LogP contribution >= 0.6 is 0 Å². The normalized spacial score (nSPS) is 12.3. The lowest BCUT2D eigenvalue weighted by atomic mass is 10.2. The molecule has 0 heterocycles. The topological polar surface area (TPSA) is 17.1 Å². The van der Waals surface area contributed by atoms with Gasteiger partial charge in [-0.05, 0) is 18.1 Å². The number of hydrogen-bond acceptors (Lipinski definition) is 1. The summed E-state index contributed by atoms with van der Waals surface area (Å²) in [4.78, 5) is 0. The number of hydrogen-bond donors (Lipinski definition) is 0. The van der Waals surface area contributed by atoms with Crippen LogP contribution in [0.3, 0.4) is 0 Å². The Balaban J connectivity index is 1.88. The molecule has 0 saturated carbocycles. The summed E-state index contributed by atoms with van der Waals surface area (Å²) in [6.07, 6.45) is 0.766. The molecule has 0 fully saturated rings. The Morgan fingerprint density at radius 2 is 1.61 bits per heavy atom. The van der Waals surface area contributed by atoms with Crippen LogP contribution in [0.5, 0.6) is 0 Å². The first-order valence-corrected chi connectivity index (χ1v) is 7.37. The Labute approximate surface area is 109 Å².